The van der Waals surface area contributed by atoms with Gasteiger partial charge in [-0.05, 0) is 24.3 Å². The average Bonchev–Trinajstić information content (AvgIpc) is 2.52. The molecule has 0 bridgehead atoms. The second kappa shape index (κ2) is 8.62. The molecule has 0 saturated heterocycles. The first kappa shape index (κ1) is 14.9. The molecule has 20 heavy (non-hydrogen) atoms. The third-order valence-electron chi connectivity index (χ3n) is 3.94. The van der Waals surface area contributed by atoms with Crippen LogP contribution < -0.4 is 5.32 Å². The van der Waals surface area contributed by atoms with Gasteiger partial charge in [0.25, 0.3) is 0 Å². The van der Waals surface area contributed by atoms with Crippen LogP contribution in [-0.4, -0.2) is 12.6 Å². The topological polar surface area (TPSA) is 40.4 Å². The van der Waals surface area contributed by atoms with Crippen molar-refractivity contribution in [1.82, 2.24) is 5.32 Å². The fraction of sp³-hybridized carbons (Fsp3) is 0.588. The van der Waals surface area contributed by atoms with Gasteiger partial charge in [0.15, 0.2) is 0 Å². The highest BCUT2D eigenvalue weighted by molar-refractivity contribution is 5.66. The molecule has 1 fully saturated rings. The molecule has 109 valence electrons. The van der Waals surface area contributed by atoms with E-state index < -0.39 is 6.09 Å². The predicted octanol–water partition coefficient (Wildman–Crippen LogP) is 4.29. The Balaban J connectivity index is 1.51. The second-order valence-corrected chi connectivity index (χ2v) is 5.57. The predicted molar refractivity (Wildman–Crippen MR) is 79.4 cm³/mol. The highest BCUT2D eigenvalue weighted by Gasteiger charge is 2.13. The normalized spacial score (nSPS) is 15.8. The van der Waals surface area contributed by atoms with Gasteiger partial charge in [0.1, 0.15) is 6.61 Å². The van der Waals surface area contributed by atoms with Crippen molar-refractivity contribution in [3.05, 3.63) is 35.9 Å². The van der Waals surface area contributed by atoms with Crippen LogP contribution in [0.1, 0.15) is 50.5 Å². The summed E-state index contributed by atoms with van der Waals surface area (Å²) in [4.78, 5) is 11.5. The number of hydrogen-bond donors (Lipinski definition) is 0. The molecule has 1 aromatic rings. The van der Waals surface area contributed by atoms with Crippen LogP contribution in [0, 0.1) is 5.92 Å². The van der Waals surface area contributed by atoms with E-state index in [0.717, 1.165) is 17.9 Å². The maximum absolute atomic E-state index is 11.5. The van der Waals surface area contributed by atoms with Crippen molar-refractivity contribution in [2.75, 3.05) is 6.54 Å². The summed E-state index contributed by atoms with van der Waals surface area (Å²) in [5, 5.41) is 3.96. The Kier molecular flexibility index (Phi) is 6.42. The zero-order valence-corrected chi connectivity index (χ0v) is 12.1. The monoisotopic (exact) mass is 274 g/mol. The maximum Gasteiger partial charge on any atom is 0.429 e. The minimum atomic E-state index is -0.433. The Bertz CT molecular complexity index is 385. The molecule has 1 aromatic carbocycles. The molecule has 1 amide bonds. The van der Waals surface area contributed by atoms with Gasteiger partial charge in [0.2, 0.25) is 0 Å². The average molecular weight is 274 g/mol. The lowest BCUT2D eigenvalue weighted by atomic mass is 9.86. The van der Waals surface area contributed by atoms with Gasteiger partial charge in [-0.3, -0.25) is 0 Å². The van der Waals surface area contributed by atoms with Crippen molar-refractivity contribution >= 4 is 6.09 Å². The largest absolute Gasteiger partial charge is 0.443 e. The minimum Gasteiger partial charge on any atom is -0.443 e. The van der Waals surface area contributed by atoms with Crippen molar-refractivity contribution < 1.29 is 9.53 Å². The quantitative estimate of drug-likeness (QED) is 0.726. The molecule has 3 nitrogen and oxygen atoms in total. The summed E-state index contributed by atoms with van der Waals surface area (Å²) in [7, 11) is 0. The molecule has 0 unspecified atom stereocenters. The zero-order chi connectivity index (χ0) is 14.0. The summed E-state index contributed by atoms with van der Waals surface area (Å²) < 4.78 is 5.11. The molecule has 0 heterocycles. The lowest BCUT2D eigenvalue weighted by molar-refractivity contribution is 0.138. The van der Waals surface area contributed by atoms with E-state index in [4.69, 9.17) is 4.74 Å². The summed E-state index contributed by atoms with van der Waals surface area (Å²) in [5.74, 6) is 0.860. The van der Waals surface area contributed by atoms with E-state index in [2.05, 4.69) is 5.32 Å². The number of carbonyl (C=O) groups excluding carboxylic acids is 1. The second-order valence-electron chi connectivity index (χ2n) is 5.57. The van der Waals surface area contributed by atoms with E-state index in [0.29, 0.717) is 13.2 Å². The van der Waals surface area contributed by atoms with Gasteiger partial charge in [-0.2, -0.15) is 0 Å². The van der Waals surface area contributed by atoms with Crippen molar-refractivity contribution in [3.8, 4) is 0 Å². The first-order valence-electron chi connectivity index (χ1n) is 7.73. The van der Waals surface area contributed by atoms with Crippen LogP contribution in [0.2, 0.25) is 0 Å². The number of nitrogens with zero attached hydrogens (tertiary/aromatic N) is 1. The molecule has 1 saturated carbocycles. The Morgan fingerprint density at radius 2 is 1.90 bits per heavy atom. The van der Waals surface area contributed by atoms with Crippen molar-refractivity contribution in [3.63, 3.8) is 0 Å². The van der Waals surface area contributed by atoms with Gasteiger partial charge >= 0.3 is 6.09 Å². The van der Waals surface area contributed by atoms with Crippen LogP contribution in [0.15, 0.2) is 30.3 Å². The first-order valence-corrected chi connectivity index (χ1v) is 7.73. The smallest absolute Gasteiger partial charge is 0.429 e. The van der Waals surface area contributed by atoms with Crippen LogP contribution >= 0.6 is 0 Å². The van der Waals surface area contributed by atoms with Crippen LogP contribution in [0.25, 0.3) is 0 Å². The van der Waals surface area contributed by atoms with Gasteiger partial charge in [0.05, 0.1) is 0 Å². The van der Waals surface area contributed by atoms with E-state index in [1.54, 1.807) is 0 Å². The van der Waals surface area contributed by atoms with Crippen LogP contribution in [0.3, 0.4) is 0 Å². The van der Waals surface area contributed by atoms with Gasteiger partial charge in [0, 0.05) is 6.54 Å². The summed E-state index contributed by atoms with van der Waals surface area (Å²) >= 11 is 0. The summed E-state index contributed by atoms with van der Waals surface area (Å²) in [6, 6.07) is 9.70. The van der Waals surface area contributed by atoms with Gasteiger partial charge in [-0.15, -0.1) is 0 Å². The SMILES string of the molecule is O=C([N]CCCC1CCCCC1)OCc1ccccc1. The lowest BCUT2D eigenvalue weighted by Gasteiger charge is -2.20. The standard InChI is InChI=1S/C17H24NO2/c19-17(20-14-16-10-5-2-6-11-16)18-13-7-12-15-8-3-1-4-9-15/h2,5-6,10-11,15H,1,3-4,7-9,12-14H2. The fourth-order valence-electron chi connectivity index (χ4n) is 2.79. The molecular formula is C17H24NO2. The zero-order valence-electron chi connectivity index (χ0n) is 12.1. The number of amides is 1. The highest BCUT2D eigenvalue weighted by Crippen LogP contribution is 2.26. The van der Waals surface area contributed by atoms with Crippen LogP contribution in [-0.2, 0) is 11.3 Å². The van der Waals surface area contributed by atoms with E-state index in [9.17, 15) is 4.79 Å². The molecule has 1 aliphatic carbocycles. The van der Waals surface area contributed by atoms with Crippen LogP contribution in [0.4, 0.5) is 4.79 Å². The molecule has 0 aromatic heterocycles. The number of benzene rings is 1. The lowest BCUT2D eigenvalue weighted by Crippen LogP contribution is -2.19. The van der Waals surface area contributed by atoms with Crippen molar-refractivity contribution in [1.29, 1.82) is 0 Å². The van der Waals surface area contributed by atoms with E-state index in [1.165, 1.54) is 38.5 Å². The third-order valence-corrected chi connectivity index (χ3v) is 3.94. The molecular weight excluding hydrogens is 250 g/mol. The molecule has 0 aliphatic heterocycles. The van der Waals surface area contributed by atoms with Gasteiger partial charge < -0.3 is 4.74 Å². The Morgan fingerprint density at radius 1 is 1.15 bits per heavy atom. The van der Waals surface area contributed by atoms with Gasteiger partial charge in [-0.1, -0.05) is 62.4 Å². The Hall–Kier alpha value is -1.51. The number of ether oxygens (including phenoxy) is 1. The molecule has 1 aliphatic rings. The van der Waals surface area contributed by atoms with Crippen molar-refractivity contribution in [2.45, 2.75) is 51.6 Å². The van der Waals surface area contributed by atoms with Gasteiger partial charge in [-0.25, -0.2) is 10.1 Å². The summed E-state index contributed by atoms with van der Waals surface area (Å²) in [6.07, 6.45) is 8.64. The van der Waals surface area contributed by atoms with E-state index in [1.807, 2.05) is 30.3 Å². The minimum absolute atomic E-state index is 0.311. The molecule has 2 rings (SSSR count). The molecule has 0 atom stereocenters. The molecule has 0 N–H and O–H groups in total. The number of rotatable bonds is 6. The van der Waals surface area contributed by atoms with Crippen molar-refractivity contribution in [2.24, 2.45) is 5.92 Å². The molecule has 1 radical (unpaired) electrons. The third kappa shape index (κ3) is 5.64. The fourth-order valence-corrected chi connectivity index (χ4v) is 2.79. The van der Waals surface area contributed by atoms with Crippen LogP contribution in [0.5, 0.6) is 0 Å². The number of carbonyl (C=O) groups is 1. The maximum atomic E-state index is 11.5. The molecule has 0 spiro atoms. The molecule has 3 heteroatoms. The first-order chi connectivity index (χ1) is 9.84. The summed E-state index contributed by atoms with van der Waals surface area (Å²) in [5.41, 5.74) is 0.998. The highest BCUT2D eigenvalue weighted by atomic mass is 16.5. The Morgan fingerprint density at radius 3 is 2.65 bits per heavy atom. The number of hydrogen-bond acceptors (Lipinski definition) is 2. The Labute approximate surface area is 121 Å². The summed E-state index contributed by atoms with van der Waals surface area (Å²) in [6.45, 7) is 0.913. The van der Waals surface area contributed by atoms with E-state index in [-0.39, 0.29) is 0 Å². The van der Waals surface area contributed by atoms with E-state index >= 15 is 0 Å².